The Labute approximate surface area is 134 Å². The molecule has 3 rings (SSSR count). The summed E-state index contributed by atoms with van der Waals surface area (Å²) in [5.74, 6) is 0.851. The third-order valence-electron chi connectivity index (χ3n) is 4.35. The molecule has 21 heavy (non-hydrogen) atoms. The summed E-state index contributed by atoms with van der Waals surface area (Å²) in [7, 11) is 0. The number of aromatic nitrogens is 2. The third kappa shape index (κ3) is 3.27. The molecule has 1 aliphatic carbocycles. The Kier molecular flexibility index (Phi) is 4.55. The first-order chi connectivity index (χ1) is 10.2. The number of hydrogen-bond donors (Lipinski definition) is 1. The van der Waals surface area contributed by atoms with Gasteiger partial charge in [0.1, 0.15) is 5.82 Å². The number of fused-ring (bicyclic) bond motifs is 1. The van der Waals surface area contributed by atoms with Gasteiger partial charge in [0.2, 0.25) is 5.28 Å². The van der Waals surface area contributed by atoms with Gasteiger partial charge >= 0.3 is 0 Å². The summed E-state index contributed by atoms with van der Waals surface area (Å²) in [5, 5.41) is 4.87. The summed E-state index contributed by atoms with van der Waals surface area (Å²) >= 11 is 8.03. The molecule has 1 heterocycles. The Morgan fingerprint density at radius 2 is 1.95 bits per heavy atom. The van der Waals surface area contributed by atoms with Crippen LogP contribution in [0.25, 0.3) is 10.9 Å². The number of nitrogens with zero attached hydrogens (tertiary/aromatic N) is 2. The van der Waals surface area contributed by atoms with Crippen LogP contribution in [-0.4, -0.2) is 27.5 Å². The van der Waals surface area contributed by atoms with E-state index in [1.54, 1.807) is 0 Å². The largest absolute Gasteiger partial charge is 0.368 e. The molecule has 1 aromatic carbocycles. The van der Waals surface area contributed by atoms with Gasteiger partial charge in [0.15, 0.2) is 0 Å². The van der Waals surface area contributed by atoms with Crippen molar-refractivity contribution in [2.45, 2.75) is 36.9 Å². The van der Waals surface area contributed by atoms with Crippen LogP contribution in [0, 0.1) is 0 Å². The number of anilines is 1. The fourth-order valence-electron chi connectivity index (χ4n) is 3.08. The Bertz CT molecular complexity index is 626. The van der Waals surface area contributed by atoms with Crippen LogP contribution < -0.4 is 5.32 Å². The topological polar surface area (TPSA) is 37.8 Å². The molecule has 0 saturated heterocycles. The number of benzene rings is 1. The molecule has 1 aliphatic rings. The van der Waals surface area contributed by atoms with E-state index in [4.69, 9.17) is 11.6 Å². The molecule has 0 atom stereocenters. The minimum atomic E-state index is 0.304. The molecular formula is C16H20ClN3S. The van der Waals surface area contributed by atoms with Gasteiger partial charge in [0, 0.05) is 16.7 Å². The predicted molar refractivity (Wildman–Crippen MR) is 92.4 cm³/mol. The van der Waals surface area contributed by atoms with Gasteiger partial charge in [-0.15, -0.1) is 0 Å². The number of rotatable bonds is 4. The third-order valence-corrected chi connectivity index (χ3v) is 5.94. The van der Waals surface area contributed by atoms with E-state index >= 15 is 0 Å². The summed E-state index contributed by atoms with van der Waals surface area (Å²) in [4.78, 5) is 8.66. The lowest BCUT2D eigenvalue weighted by Crippen LogP contribution is -2.35. The van der Waals surface area contributed by atoms with Gasteiger partial charge in [-0.25, -0.2) is 9.97 Å². The second-order valence-electron chi connectivity index (χ2n) is 5.66. The summed E-state index contributed by atoms with van der Waals surface area (Å²) < 4.78 is 0.330. The van der Waals surface area contributed by atoms with E-state index in [-0.39, 0.29) is 0 Å². The van der Waals surface area contributed by atoms with Crippen molar-refractivity contribution in [2.75, 3.05) is 18.1 Å². The summed E-state index contributed by atoms with van der Waals surface area (Å²) in [6, 6.07) is 8.00. The lowest BCUT2D eigenvalue weighted by Gasteiger charge is -2.36. The average molecular weight is 322 g/mol. The first-order valence-corrected chi connectivity index (χ1v) is 9.04. The lowest BCUT2D eigenvalue weighted by atomic mass is 9.88. The first kappa shape index (κ1) is 14.9. The molecule has 0 amide bonds. The highest BCUT2D eigenvalue weighted by Crippen LogP contribution is 2.38. The van der Waals surface area contributed by atoms with Crippen molar-refractivity contribution < 1.29 is 0 Å². The molecule has 3 nitrogen and oxygen atoms in total. The van der Waals surface area contributed by atoms with E-state index < -0.39 is 0 Å². The maximum Gasteiger partial charge on any atom is 0.224 e. The molecule has 0 bridgehead atoms. The molecule has 0 aliphatic heterocycles. The Hall–Kier alpha value is -1.00. The smallest absolute Gasteiger partial charge is 0.224 e. The van der Waals surface area contributed by atoms with Crippen LogP contribution in [0.2, 0.25) is 5.28 Å². The second-order valence-corrected chi connectivity index (χ2v) is 7.27. The molecule has 1 aromatic heterocycles. The van der Waals surface area contributed by atoms with Crippen LogP contribution in [0.1, 0.15) is 32.1 Å². The summed E-state index contributed by atoms with van der Waals surface area (Å²) in [6.45, 7) is 0.936. The molecule has 112 valence electrons. The average Bonchev–Trinajstić information content (AvgIpc) is 2.53. The monoisotopic (exact) mass is 321 g/mol. The predicted octanol–water partition coefficient (Wildman–Crippen LogP) is 4.76. The highest BCUT2D eigenvalue weighted by Gasteiger charge is 2.31. The number of nitrogens with one attached hydrogen (secondary N) is 1. The minimum absolute atomic E-state index is 0.304. The van der Waals surface area contributed by atoms with Crippen molar-refractivity contribution in [3.05, 3.63) is 29.5 Å². The normalized spacial score (nSPS) is 17.8. The van der Waals surface area contributed by atoms with Crippen molar-refractivity contribution in [3.8, 4) is 0 Å². The van der Waals surface area contributed by atoms with Gasteiger partial charge in [0.05, 0.1) is 5.52 Å². The Morgan fingerprint density at radius 1 is 1.19 bits per heavy atom. The maximum absolute atomic E-state index is 6.05. The van der Waals surface area contributed by atoms with Gasteiger partial charge < -0.3 is 5.32 Å². The van der Waals surface area contributed by atoms with Gasteiger partial charge in [-0.2, -0.15) is 11.8 Å². The maximum atomic E-state index is 6.05. The van der Waals surface area contributed by atoms with Crippen molar-refractivity contribution in [2.24, 2.45) is 0 Å². The zero-order chi connectivity index (χ0) is 14.7. The van der Waals surface area contributed by atoms with Crippen molar-refractivity contribution in [1.82, 2.24) is 9.97 Å². The Morgan fingerprint density at radius 3 is 2.71 bits per heavy atom. The molecule has 2 aromatic rings. The SMILES string of the molecule is CSC1(CNc2nc(Cl)nc3ccccc23)CCCCC1. The van der Waals surface area contributed by atoms with Crippen LogP contribution in [0.4, 0.5) is 5.82 Å². The molecule has 1 saturated carbocycles. The summed E-state index contributed by atoms with van der Waals surface area (Å²) in [5.41, 5.74) is 0.891. The fourth-order valence-corrected chi connectivity index (χ4v) is 4.17. The second kappa shape index (κ2) is 6.41. The van der Waals surface area contributed by atoms with E-state index in [2.05, 4.69) is 21.5 Å². The van der Waals surface area contributed by atoms with E-state index in [0.29, 0.717) is 10.0 Å². The van der Waals surface area contributed by atoms with Crippen molar-refractivity contribution >= 4 is 40.1 Å². The lowest BCUT2D eigenvalue weighted by molar-refractivity contribution is 0.411. The molecule has 0 radical (unpaired) electrons. The van der Waals surface area contributed by atoms with Crippen LogP contribution in [0.3, 0.4) is 0 Å². The molecular weight excluding hydrogens is 302 g/mol. The Balaban J connectivity index is 1.84. The molecule has 5 heteroatoms. The quantitative estimate of drug-likeness (QED) is 0.824. The highest BCUT2D eigenvalue weighted by molar-refractivity contribution is 8.00. The molecule has 0 unspecified atom stereocenters. The zero-order valence-electron chi connectivity index (χ0n) is 12.2. The standard InChI is InChI=1S/C16H20ClN3S/c1-21-16(9-5-2-6-10-16)11-18-14-12-7-3-4-8-13(12)19-15(17)20-14/h3-4,7-8H,2,5-6,9-11H2,1H3,(H,18,19,20). The number of hydrogen-bond acceptors (Lipinski definition) is 4. The van der Waals surface area contributed by atoms with Gasteiger partial charge in [-0.1, -0.05) is 31.4 Å². The number of thioether (sulfide) groups is 1. The van der Waals surface area contributed by atoms with Gasteiger partial charge in [-0.05, 0) is 42.8 Å². The van der Waals surface area contributed by atoms with Crippen LogP contribution in [0.15, 0.2) is 24.3 Å². The van der Waals surface area contributed by atoms with Crippen LogP contribution >= 0.6 is 23.4 Å². The van der Waals surface area contributed by atoms with Gasteiger partial charge in [-0.3, -0.25) is 0 Å². The fraction of sp³-hybridized carbons (Fsp3) is 0.500. The minimum Gasteiger partial charge on any atom is -0.368 e. The van der Waals surface area contributed by atoms with Gasteiger partial charge in [0.25, 0.3) is 0 Å². The molecule has 1 N–H and O–H groups in total. The van der Waals surface area contributed by atoms with Crippen LogP contribution in [-0.2, 0) is 0 Å². The molecule has 1 fully saturated rings. The number of para-hydroxylation sites is 1. The van der Waals surface area contributed by atoms with E-state index in [1.807, 2.05) is 36.0 Å². The summed E-state index contributed by atoms with van der Waals surface area (Å²) in [6.07, 6.45) is 8.79. The number of halogens is 1. The zero-order valence-corrected chi connectivity index (χ0v) is 13.8. The van der Waals surface area contributed by atoms with Crippen molar-refractivity contribution in [3.63, 3.8) is 0 Å². The van der Waals surface area contributed by atoms with E-state index in [0.717, 1.165) is 23.3 Å². The van der Waals surface area contributed by atoms with Crippen LogP contribution in [0.5, 0.6) is 0 Å². The van der Waals surface area contributed by atoms with Crippen molar-refractivity contribution in [1.29, 1.82) is 0 Å². The first-order valence-electron chi connectivity index (χ1n) is 7.44. The molecule has 0 spiro atoms. The highest BCUT2D eigenvalue weighted by atomic mass is 35.5. The van der Waals surface area contributed by atoms with E-state index in [1.165, 1.54) is 32.1 Å². The van der Waals surface area contributed by atoms with E-state index in [9.17, 15) is 0 Å².